The highest BCUT2D eigenvalue weighted by atomic mass is 16.5. The van der Waals surface area contributed by atoms with Crippen LogP contribution in [0.1, 0.15) is 44.1 Å². The Hall–Kier alpha value is -3.42. The molecular weight excluding hydrogens is 430 g/mol. The maximum Gasteiger partial charge on any atom is 0.227 e. The molecule has 2 fully saturated rings. The number of aromatic nitrogens is 4. The van der Waals surface area contributed by atoms with Gasteiger partial charge in [0, 0.05) is 17.2 Å². The SMILES string of the molecule is COc1ccc(-c2cc(C)c(NC(=O)C3CC3C3CCCCC3)cc2-c2nnn[nH]2)cc1OC. The number of nitrogens with one attached hydrogen (secondary N) is 2. The lowest BCUT2D eigenvalue weighted by Crippen LogP contribution is -2.18. The number of H-pyrrole nitrogens is 1. The zero-order valence-electron chi connectivity index (χ0n) is 19.9. The van der Waals surface area contributed by atoms with Gasteiger partial charge in [-0.1, -0.05) is 38.2 Å². The number of tetrazole rings is 1. The number of aryl methyl sites for hydroxylation is 1. The van der Waals surface area contributed by atoms with E-state index in [4.69, 9.17) is 9.47 Å². The van der Waals surface area contributed by atoms with Crippen molar-refractivity contribution in [2.24, 2.45) is 17.8 Å². The van der Waals surface area contributed by atoms with E-state index in [1.54, 1.807) is 14.2 Å². The molecule has 34 heavy (non-hydrogen) atoms. The molecule has 1 amide bonds. The Balaban J connectivity index is 1.44. The van der Waals surface area contributed by atoms with Crippen molar-refractivity contribution in [3.63, 3.8) is 0 Å². The molecule has 178 valence electrons. The summed E-state index contributed by atoms with van der Waals surface area (Å²) in [5.74, 6) is 3.35. The summed E-state index contributed by atoms with van der Waals surface area (Å²) < 4.78 is 10.9. The third kappa shape index (κ3) is 4.36. The Morgan fingerprint density at radius 3 is 2.53 bits per heavy atom. The minimum Gasteiger partial charge on any atom is -0.493 e. The van der Waals surface area contributed by atoms with E-state index >= 15 is 0 Å². The summed E-state index contributed by atoms with van der Waals surface area (Å²) in [5.41, 5.74) is 4.43. The molecule has 0 aliphatic heterocycles. The first-order valence-corrected chi connectivity index (χ1v) is 12.0. The van der Waals surface area contributed by atoms with Gasteiger partial charge in [0.15, 0.2) is 17.3 Å². The van der Waals surface area contributed by atoms with Gasteiger partial charge in [-0.25, -0.2) is 5.10 Å². The van der Waals surface area contributed by atoms with Gasteiger partial charge < -0.3 is 14.8 Å². The summed E-state index contributed by atoms with van der Waals surface area (Å²) in [6.45, 7) is 2.01. The Morgan fingerprint density at radius 1 is 1.03 bits per heavy atom. The third-order valence-corrected chi connectivity index (χ3v) is 7.35. The second-order valence-corrected chi connectivity index (χ2v) is 9.43. The number of aromatic amines is 1. The number of carbonyl (C=O) groups excluding carboxylic acids is 1. The molecule has 0 bridgehead atoms. The summed E-state index contributed by atoms with van der Waals surface area (Å²) in [5, 5.41) is 17.7. The van der Waals surface area contributed by atoms with E-state index in [0.717, 1.165) is 34.4 Å². The first-order chi connectivity index (χ1) is 16.6. The lowest BCUT2D eigenvalue weighted by atomic mass is 9.85. The minimum atomic E-state index is 0.124. The smallest absolute Gasteiger partial charge is 0.227 e. The molecule has 0 radical (unpaired) electrons. The van der Waals surface area contributed by atoms with Crippen LogP contribution in [0.3, 0.4) is 0 Å². The van der Waals surface area contributed by atoms with Crippen LogP contribution in [-0.2, 0) is 4.79 Å². The van der Waals surface area contributed by atoms with Crippen LogP contribution in [0.2, 0.25) is 0 Å². The van der Waals surface area contributed by atoms with Gasteiger partial charge in [0.05, 0.1) is 14.2 Å². The maximum atomic E-state index is 13.1. The Bertz CT molecular complexity index is 1170. The van der Waals surface area contributed by atoms with E-state index in [-0.39, 0.29) is 11.8 Å². The zero-order valence-corrected chi connectivity index (χ0v) is 19.9. The zero-order chi connectivity index (χ0) is 23.7. The highest BCUT2D eigenvalue weighted by Gasteiger charge is 2.47. The highest BCUT2D eigenvalue weighted by molar-refractivity contribution is 5.97. The molecule has 3 aromatic rings. The number of benzene rings is 2. The normalized spacial score (nSPS) is 20.1. The van der Waals surface area contributed by atoms with Crippen LogP contribution >= 0.6 is 0 Å². The van der Waals surface area contributed by atoms with Crippen molar-refractivity contribution in [3.8, 4) is 34.0 Å². The molecule has 8 heteroatoms. The quantitative estimate of drug-likeness (QED) is 0.513. The number of methoxy groups -OCH3 is 2. The highest BCUT2D eigenvalue weighted by Crippen LogP contribution is 2.50. The van der Waals surface area contributed by atoms with Crippen LogP contribution in [0.4, 0.5) is 5.69 Å². The monoisotopic (exact) mass is 461 g/mol. The number of ether oxygens (including phenoxy) is 2. The molecule has 2 N–H and O–H groups in total. The average molecular weight is 462 g/mol. The molecule has 1 aromatic heterocycles. The van der Waals surface area contributed by atoms with E-state index < -0.39 is 0 Å². The molecule has 8 nitrogen and oxygen atoms in total. The lowest BCUT2D eigenvalue weighted by Gasteiger charge is -2.21. The summed E-state index contributed by atoms with van der Waals surface area (Å²) in [7, 11) is 3.23. The first kappa shape index (κ1) is 22.4. The molecule has 0 spiro atoms. The van der Waals surface area contributed by atoms with Gasteiger partial charge in [-0.15, -0.1) is 5.10 Å². The van der Waals surface area contributed by atoms with Crippen LogP contribution in [-0.4, -0.2) is 40.8 Å². The summed E-state index contributed by atoms with van der Waals surface area (Å²) >= 11 is 0. The van der Waals surface area contributed by atoms with Gasteiger partial charge in [-0.2, -0.15) is 0 Å². The molecule has 1 heterocycles. The fourth-order valence-corrected chi connectivity index (χ4v) is 5.38. The van der Waals surface area contributed by atoms with Gasteiger partial charge >= 0.3 is 0 Å². The van der Waals surface area contributed by atoms with Crippen LogP contribution in [0.25, 0.3) is 22.5 Å². The number of hydrogen-bond acceptors (Lipinski definition) is 6. The second kappa shape index (κ2) is 9.44. The summed E-state index contributed by atoms with van der Waals surface area (Å²) in [6.07, 6.45) is 7.51. The van der Waals surface area contributed by atoms with Crippen molar-refractivity contribution >= 4 is 11.6 Å². The van der Waals surface area contributed by atoms with Gasteiger partial charge in [0.25, 0.3) is 0 Å². The van der Waals surface area contributed by atoms with Gasteiger partial charge in [-0.05, 0) is 76.6 Å². The van der Waals surface area contributed by atoms with E-state index in [2.05, 4.69) is 32.0 Å². The topological polar surface area (TPSA) is 102 Å². The standard InChI is InChI=1S/C26H31N5O3/c1-15-11-18(17-9-10-23(33-2)24(12-17)34-3)20(25-28-30-31-29-25)14-22(15)27-26(32)21-13-19(21)16-7-5-4-6-8-16/h9-12,14,16,19,21H,4-8,13H2,1-3H3,(H,27,32)(H,28,29,30,31). The molecule has 2 saturated carbocycles. The third-order valence-electron chi connectivity index (χ3n) is 7.35. The first-order valence-electron chi connectivity index (χ1n) is 12.0. The number of rotatable bonds is 7. The fraction of sp³-hybridized carbons (Fsp3) is 0.462. The molecule has 0 saturated heterocycles. The fourth-order valence-electron chi connectivity index (χ4n) is 5.38. The van der Waals surface area contributed by atoms with Crippen molar-refractivity contribution in [2.45, 2.75) is 45.4 Å². The van der Waals surface area contributed by atoms with Crippen molar-refractivity contribution in [3.05, 3.63) is 35.9 Å². The average Bonchev–Trinajstić information content (AvgIpc) is 3.50. The van der Waals surface area contributed by atoms with E-state index in [9.17, 15) is 4.79 Å². The summed E-state index contributed by atoms with van der Waals surface area (Å²) in [6, 6.07) is 9.79. The van der Waals surface area contributed by atoms with Crippen LogP contribution in [0.15, 0.2) is 30.3 Å². The molecule has 2 aromatic carbocycles. The molecule has 2 aliphatic carbocycles. The number of nitrogens with zero attached hydrogens (tertiary/aromatic N) is 3. The van der Waals surface area contributed by atoms with Crippen molar-refractivity contribution in [1.82, 2.24) is 20.6 Å². The molecular formula is C26H31N5O3. The van der Waals surface area contributed by atoms with Gasteiger partial charge in [0.2, 0.25) is 5.91 Å². The van der Waals surface area contributed by atoms with Crippen LogP contribution in [0, 0.1) is 24.7 Å². The van der Waals surface area contributed by atoms with Crippen molar-refractivity contribution in [2.75, 3.05) is 19.5 Å². The van der Waals surface area contributed by atoms with Gasteiger partial charge in [0.1, 0.15) is 0 Å². The molecule has 2 aliphatic rings. The van der Waals surface area contributed by atoms with E-state index in [1.165, 1.54) is 32.1 Å². The Kier molecular flexibility index (Phi) is 6.22. The summed E-state index contributed by atoms with van der Waals surface area (Å²) in [4.78, 5) is 13.1. The number of amides is 1. The molecule has 2 unspecified atom stereocenters. The van der Waals surface area contributed by atoms with Crippen LogP contribution < -0.4 is 14.8 Å². The predicted octanol–water partition coefficient (Wildman–Crippen LogP) is 5.01. The van der Waals surface area contributed by atoms with Gasteiger partial charge in [-0.3, -0.25) is 4.79 Å². The largest absolute Gasteiger partial charge is 0.493 e. The molecule has 5 rings (SSSR count). The lowest BCUT2D eigenvalue weighted by molar-refractivity contribution is -0.117. The Morgan fingerprint density at radius 2 is 1.82 bits per heavy atom. The maximum absolute atomic E-state index is 13.1. The number of carbonyl (C=O) groups is 1. The predicted molar refractivity (Wildman–Crippen MR) is 130 cm³/mol. The van der Waals surface area contributed by atoms with Crippen LogP contribution in [0.5, 0.6) is 11.5 Å². The number of anilines is 1. The second-order valence-electron chi connectivity index (χ2n) is 9.43. The van der Waals surface area contributed by atoms with E-state index in [0.29, 0.717) is 29.2 Å². The van der Waals surface area contributed by atoms with Crippen molar-refractivity contribution in [1.29, 1.82) is 0 Å². The Labute approximate surface area is 199 Å². The van der Waals surface area contributed by atoms with Crippen molar-refractivity contribution < 1.29 is 14.3 Å². The minimum absolute atomic E-state index is 0.124. The number of hydrogen-bond donors (Lipinski definition) is 2. The molecule has 2 atom stereocenters. The van der Waals surface area contributed by atoms with E-state index in [1.807, 2.05) is 31.2 Å².